The number of aryl methyl sites for hydroxylation is 2. The molecule has 9 nitrogen and oxygen atoms in total. The third-order valence-electron chi connectivity index (χ3n) is 5.56. The molecule has 4 rings (SSSR count). The molecule has 0 bridgehead atoms. The van der Waals surface area contributed by atoms with Gasteiger partial charge in [-0.1, -0.05) is 6.07 Å². The summed E-state index contributed by atoms with van der Waals surface area (Å²) in [5.74, 6) is -1.19. The summed E-state index contributed by atoms with van der Waals surface area (Å²) in [4.78, 5) is 54.4. The maximum atomic E-state index is 12.5. The summed E-state index contributed by atoms with van der Waals surface area (Å²) >= 11 is 1.29. The van der Waals surface area contributed by atoms with Gasteiger partial charge in [0.25, 0.3) is 0 Å². The fourth-order valence-corrected chi connectivity index (χ4v) is 4.38. The van der Waals surface area contributed by atoms with E-state index in [0.29, 0.717) is 22.1 Å². The number of ether oxygens (including phenoxy) is 1. The monoisotopic (exact) mass is 492 g/mol. The fourth-order valence-electron chi connectivity index (χ4n) is 3.51. The summed E-state index contributed by atoms with van der Waals surface area (Å²) in [6.45, 7) is 5.40. The average molecular weight is 493 g/mol. The summed E-state index contributed by atoms with van der Waals surface area (Å²) in [5, 5.41) is 3.41. The van der Waals surface area contributed by atoms with Crippen molar-refractivity contribution in [1.29, 1.82) is 0 Å². The van der Waals surface area contributed by atoms with Crippen molar-refractivity contribution >= 4 is 51.5 Å². The van der Waals surface area contributed by atoms with Crippen molar-refractivity contribution in [3.63, 3.8) is 0 Å². The van der Waals surface area contributed by atoms with Crippen LogP contribution in [0.5, 0.6) is 0 Å². The van der Waals surface area contributed by atoms with Gasteiger partial charge in [0.1, 0.15) is 6.61 Å². The first-order chi connectivity index (χ1) is 16.7. The Bertz CT molecular complexity index is 1300. The number of anilines is 3. The third-order valence-corrected chi connectivity index (χ3v) is 6.43. The molecule has 0 aliphatic carbocycles. The molecule has 3 amide bonds. The van der Waals surface area contributed by atoms with Crippen LogP contribution < -0.4 is 15.3 Å². The summed E-state index contributed by atoms with van der Waals surface area (Å²) in [6, 6.07) is 11.9. The van der Waals surface area contributed by atoms with Gasteiger partial charge in [-0.2, -0.15) is 0 Å². The number of rotatable bonds is 6. The summed E-state index contributed by atoms with van der Waals surface area (Å²) in [6.07, 6.45) is 0.294. The van der Waals surface area contributed by atoms with Crippen LogP contribution in [0.3, 0.4) is 0 Å². The van der Waals surface area contributed by atoms with Crippen LogP contribution >= 0.6 is 11.3 Å². The second-order valence-corrected chi connectivity index (χ2v) is 8.97. The van der Waals surface area contributed by atoms with Gasteiger partial charge in [0.15, 0.2) is 5.13 Å². The van der Waals surface area contributed by atoms with Crippen LogP contribution in [-0.2, 0) is 25.7 Å². The van der Waals surface area contributed by atoms with Crippen molar-refractivity contribution in [2.24, 2.45) is 0 Å². The molecule has 0 spiro atoms. The number of amides is 3. The number of esters is 1. The van der Waals surface area contributed by atoms with Crippen LogP contribution in [0.4, 0.5) is 16.5 Å². The maximum Gasteiger partial charge on any atom is 0.338 e. The molecule has 0 atom stereocenters. The Morgan fingerprint density at radius 2 is 1.83 bits per heavy atom. The van der Waals surface area contributed by atoms with Gasteiger partial charge in [0.05, 0.1) is 22.6 Å². The molecule has 1 N–H and O–H groups in total. The molecule has 0 radical (unpaired) electrons. The molecule has 0 saturated carbocycles. The molecule has 180 valence electrons. The van der Waals surface area contributed by atoms with E-state index >= 15 is 0 Å². The zero-order valence-electron chi connectivity index (χ0n) is 19.5. The molecule has 1 aliphatic heterocycles. The Kier molecular flexibility index (Phi) is 6.92. The first-order valence-electron chi connectivity index (χ1n) is 10.9. The number of benzene rings is 2. The van der Waals surface area contributed by atoms with Gasteiger partial charge in [-0.3, -0.25) is 24.7 Å². The van der Waals surface area contributed by atoms with E-state index in [2.05, 4.69) is 10.4 Å². The van der Waals surface area contributed by atoms with E-state index in [-0.39, 0.29) is 37.2 Å². The van der Waals surface area contributed by atoms with Crippen molar-refractivity contribution < 1.29 is 23.9 Å². The molecule has 1 aromatic heterocycles. The minimum absolute atomic E-state index is 0.0591. The van der Waals surface area contributed by atoms with Gasteiger partial charge in [0.2, 0.25) is 17.7 Å². The van der Waals surface area contributed by atoms with E-state index in [1.165, 1.54) is 40.3 Å². The zero-order valence-corrected chi connectivity index (χ0v) is 20.3. The van der Waals surface area contributed by atoms with Crippen LogP contribution in [0.1, 0.15) is 46.9 Å². The van der Waals surface area contributed by atoms with Crippen molar-refractivity contribution in [2.45, 2.75) is 40.2 Å². The SMILES string of the molecule is CC(=O)N(c1ccc(C)c(C)c1)c1nc(COC(=O)c2ccc(N3NC(=O)CCC3=O)cc2)cs1. The molecule has 10 heteroatoms. The summed E-state index contributed by atoms with van der Waals surface area (Å²) in [7, 11) is 0. The third kappa shape index (κ3) is 5.38. The van der Waals surface area contributed by atoms with Gasteiger partial charge >= 0.3 is 5.97 Å². The first-order valence-corrected chi connectivity index (χ1v) is 11.8. The highest BCUT2D eigenvalue weighted by Gasteiger charge is 2.24. The quantitative estimate of drug-likeness (QED) is 0.522. The van der Waals surface area contributed by atoms with E-state index in [0.717, 1.165) is 16.8 Å². The molecular formula is C25H24N4O5S. The number of hydrogen-bond donors (Lipinski definition) is 1. The second kappa shape index (κ2) is 10.1. The number of carbonyl (C=O) groups is 4. The highest BCUT2D eigenvalue weighted by Crippen LogP contribution is 2.30. The minimum Gasteiger partial charge on any atom is -0.456 e. The van der Waals surface area contributed by atoms with Crippen molar-refractivity contribution in [2.75, 3.05) is 9.91 Å². The van der Waals surface area contributed by atoms with Gasteiger partial charge < -0.3 is 4.74 Å². The first kappa shape index (κ1) is 24.1. The number of hydrogen-bond acceptors (Lipinski definition) is 7. The number of nitrogens with one attached hydrogen (secondary N) is 1. The Morgan fingerprint density at radius 1 is 1.09 bits per heavy atom. The lowest BCUT2D eigenvalue weighted by molar-refractivity contribution is -0.130. The molecular weight excluding hydrogens is 468 g/mol. The summed E-state index contributed by atoms with van der Waals surface area (Å²) < 4.78 is 5.38. The molecule has 35 heavy (non-hydrogen) atoms. The van der Waals surface area contributed by atoms with E-state index in [9.17, 15) is 19.2 Å². The lowest BCUT2D eigenvalue weighted by Crippen LogP contribution is -2.50. The van der Waals surface area contributed by atoms with E-state index < -0.39 is 5.97 Å². The van der Waals surface area contributed by atoms with Crippen molar-refractivity contribution in [3.05, 3.63) is 70.2 Å². The number of carbonyl (C=O) groups excluding carboxylic acids is 4. The Morgan fingerprint density at radius 3 is 2.51 bits per heavy atom. The van der Waals surface area contributed by atoms with E-state index in [4.69, 9.17) is 4.74 Å². The number of hydrazine groups is 1. The van der Waals surface area contributed by atoms with Crippen LogP contribution in [0.2, 0.25) is 0 Å². The van der Waals surface area contributed by atoms with Gasteiger partial charge in [-0.05, 0) is 61.4 Å². The molecule has 1 saturated heterocycles. The minimum atomic E-state index is -0.558. The predicted molar refractivity (Wildman–Crippen MR) is 131 cm³/mol. The number of thiazole rings is 1. The average Bonchev–Trinajstić information content (AvgIpc) is 3.29. The van der Waals surface area contributed by atoms with E-state index in [1.54, 1.807) is 17.5 Å². The molecule has 1 fully saturated rings. The highest BCUT2D eigenvalue weighted by atomic mass is 32.1. The van der Waals surface area contributed by atoms with Crippen molar-refractivity contribution in [1.82, 2.24) is 10.4 Å². The fraction of sp³-hybridized carbons (Fsp3) is 0.240. The molecule has 2 heterocycles. The normalized spacial score (nSPS) is 13.4. The largest absolute Gasteiger partial charge is 0.456 e. The van der Waals surface area contributed by atoms with Crippen LogP contribution in [0, 0.1) is 13.8 Å². The number of nitrogens with zero attached hydrogens (tertiary/aromatic N) is 3. The summed E-state index contributed by atoms with van der Waals surface area (Å²) in [5.41, 5.74) is 6.70. The molecule has 1 aliphatic rings. The predicted octanol–water partition coefficient (Wildman–Crippen LogP) is 3.96. The standard InChI is InChI=1S/C25H24N4O5S/c1-15-4-7-21(12-16(15)2)28(17(3)30)25-26-19(14-35-25)13-34-24(33)18-5-8-20(9-6-18)29-23(32)11-10-22(31)27-29/h4-9,12,14H,10-11,13H2,1-3H3,(H,27,31). The van der Waals surface area contributed by atoms with Crippen LogP contribution in [-0.4, -0.2) is 28.7 Å². The maximum absolute atomic E-state index is 12.5. The number of aromatic nitrogens is 1. The lowest BCUT2D eigenvalue weighted by atomic mass is 10.1. The molecule has 0 unspecified atom stereocenters. The van der Waals surface area contributed by atoms with Crippen LogP contribution in [0.15, 0.2) is 47.8 Å². The Hall–Kier alpha value is -4.05. The molecule has 2 aromatic carbocycles. The molecule has 3 aromatic rings. The van der Waals surface area contributed by atoms with Crippen LogP contribution in [0.25, 0.3) is 0 Å². The topological polar surface area (TPSA) is 109 Å². The zero-order chi connectivity index (χ0) is 25.1. The highest BCUT2D eigenvalue weighted by molar-refractivity contribution is 7.14. The Balaban J connectivity index is 1.41. The lowest BCUT2D eigenvalue weighted by Gasteiger charge is -2.27. The smallest absolute Gasteiger partial charge is 0.338 e. The van der Waals surface area contributed by atoms with E-state index in [1.807, 2.05) is 32.0 Å². The Labute approximate surface area is 206 Å². The van der Waals surface area contributed by atoms with Gasteiger partial charge in [0, 0.05) is 25.1 Å². The van der Waals surface area contributed by atoms with Gasteiger partial charge in [-0.15, -0.1) is 11.3 Å². The second-order valence-electron chi connectivity index (χ2n) is 8.13. The van der Waals surface area contributed by atoms with Gasteiger partial charge in [-0.25, -0.2) is 14.8 Å². The van der Waals surface area contributed by atoms with Crippen molar-refractivity contribution in [3.8, 4) is 0 Å².